The normalized spacial score (nSPS) is 13.0. The summed E-state index contributed by atoms with van der Waals surface area (Å²) in [4.78, 5) is 52.7. The zero-order chi connectivity index (χ0) is 30.4. The van der Waals surface area contributed by atoms with Gasteiger partial charge in [0.25, 0.3) is 22.2 Å². The molecule has 0 bridgehead atoms. The van der Waals surface area contributed by atoms with Crippen LogP contribution in [0.5, 0.6) is 0 Å². The van der Waals surface area contributed by atoms with Gasteiger partial charge in [0, 0.05) is 0 Å². The molecule has 5 aromatic rings. The Balaban J connectivity index is 2.15. The van der Waals surface area contributed by atoms with Gasteiger partial charge in [0.05, 0.1) is 49.6 Å². The first kappa shape index (κ1) is 27.8. The maximum absolute atomic E-state index is 14.4. The number of alkyl halides is 9. The molecule has 2 heterocycles. The van der Waals surface area contributed by atoms with Gasteiger partial charge in [-0.1, -0.05) is 24.3 Å². The molecule has 41 heavy (non-hydrogen) atoms. The van der Waals surface area contributed by atoms with Crippen LogP contribution in [0.25, 0.3) is 32.9 Å². The van der Waals surface area contributed by atoms with E-state index >= 15 is 0 Å². The summed E-state index contributed by atoms with van der Waals surface area (Å²) >= 11 is 0. The number of hydrogen-bond acceptors (Lipinski definition) is 4. The lowest BCUT2D eigenvalue weighted by Gasteiger charge is -2.13. The first-order valence-corrected chi connectivity index (χ1v) is 11.0. The lowest BCUT2D eigenvalue weighted by Crippen LogP contribution is -2.27. The topological polar surface area (TPSA) is 78.1 Å². The number of aromatic nitrogens is 2. The second kappa shape index (κ2) is 8.62. The fraction of sp³-hybridized carbons (Fsp3) is 0.120. The van der Waals surface area contributed by atoms with Crippen molar-refractivity contribution >= 4 is 21.5 Å². The van der Waals surface area contributed by atoms with Crippen LogP contribution in [0.3, 0.4) is 0 Å². The van der Waals surface area contributed by atoms with Crippen molar-refractivity contribution in [2.75, 3.05) is 0 Å². The van der Waals surface area contributed by atoms with Crippen LogP contribution in [-0.4, -0.2) is 9.13 Å². The molecule has 2 aromatic heterocycles. The van der Waals surface area contributed by atoms with Crippen molar-refractivity contribution < 1.29 is 43.9 Å². The molecular formula is C25H8F10N2O4. The van der Waals surface area contributed by atoms with E-state index in [-0.39, 0.29) is 4.57 Å². The fourth-order valence-corrected chi connectivity index (χ4v) is 4.78. The standard InChI is InChI=1S/C25H8F10N2O4/c26-10-6-2-4-8-12(10)37-21(40)15-16(22(37)41)18(25(33,34)35)14-13(17(15)24(30,31)32)19(38)36(20(14)39)11-7-3-1-5-9(11)23(27,28)29/h1-8H. The molecule has 0 spiro atoms. The van der Waals surface area contributed by atoms with E-state index in [1.807, 2.05) is 0 Å². The highest BCUT2D eigenvalue weighted by Gasteiger charge is 2.47. The van der Waals surface area contributed by atoms with Gasteiger partial charge in [-0.3, -0.25) is 19.2 Å². The van der Waals surface area contributed by atoms with E-state index in [9.17, 15) is 63.1 Å². The molecule has 0 aliphatic rings. The molecule has 0 saturated heterocycles. The number of hydrogen-bond donors (Lipinski definition) is 0. The van der Waals surface area contributed by atoms with Gasteiger partial charge in [-0.15, -0.1) is 0 Å². The second-order valence-electron chi connectivity index (χ2n) is 8.60. The minimum Gasteiger partial charge on any atom is -0.268 e. The Kier molecular flexibility index (Phi) is 5.84. The highest BCUT2D eigenvalue weighted by atomic mass is 19.4. The fourth-order valence-electron chi connectivity index (χ4n) is 4.78. The summed E-state index contributed by atoms with van der Waals surface area (Å²) in [5.74, 6) is -1.39. The first-order chi connectivity index (χ1) is 18.9. The summed E-state index contributed by atoms with van der Waals surface area (Å²) in [7, 11) is 0. The van der Waals surface area contributed by atoms with Crippen molar-refractivity contribution in [2.45, 2.75) is 18.5 Å². The lowest BCUT2D eigenvalue weighted by molar-refractivity contribution is -0.137. The minimum atomic E-state index is -5.91. The molecule has 6 nitrogen and oxygen atoms in total. The van der Waals surface area contributed by atoms with Gasteiger partial charge in [0.15, 0.2) is 0 Å². The molecule has 5 rings (SSSR count). The summed E-state index contributed by atoms with van der Waals surface area (Å²) < 4.78 is 141. The van der Waals surface area contributed by atoms with Crippen LogP contribution in [0.4, 0.5) is 43.9 Å². The number of nitrogens with zero attached hydrogens (tertiary/aromatic N) is 2. The second-order valence-corrected chi connectivity index (χ2v) is 8.60. The average Bonchev–Trinajstić information content (AvgIpc) is 3.25. The van der Waals surface area contributed by atoms with Crippen molar-refractivity contribution in [3.05, 3.63) is 112 Å². The van der Waals surface area contributed by atoms with E-state index in [0.717, 1.165) is 24.3 Å². The van der Waals surface area contributed by atoms with Crippen molar-refractivity contribution in [1.29, 1.82) is 0 Å². The third-order valence-corrected chi connectivity index (χ3v) is 6.28. The van der Waals surface area contributed by atoms with Crippen LogP contribution >= 0.6 is 0 Å². The molecule has 0 saturated carbocycles. The molecule has 0 aliphatic heterocycles. The zero-order valence-corrected chi connectivity index (χ0v) is 19.4. The van der Waals surface area contributed by atoms with Gasteiger partial charge >= 0.3 is 18.5 Å². The molecule has 16 heteroatoms. The lowest BCUT2D eigenvalue weighted by atomic mass is 9.96. The van der Waals surface area contributed by atoms with Crippen LogP contribution in [0.1, 0.15) is 16.7 Å². The summed E-state index contributed by atoms with van der Waals surface area (Å²) in [6.45, 7) is 0. The average molecular weight is 590 g/mol. The molecule has 0 fully saturated rings. The third-order valence-electron chi connectivity index (χ3n) is 6.28. The van der Waals surface area contributed by atoms with Gasteiger partial charge in [-0.25, -0.2) is 13.5 Å². The number of para-hydroxylation sites is 2. The van der Waals surface area contributed by atoms with Crippen molar-refractivity contribution in [3.8, 4) is 11.4 Å². The Labute approximate surface area is 217 Å². The number of fused-ring (bicyclic) bond motifs is 2. The Morgan fingerprint density at radius 3 is 1.17 bits per heavy atom. The predicted octanol–water partition coefficient (Wildman–Crippen LogP) is 5.09. The quantitative estimate of drug-likeness (QED) is 0.269. The molecule has 0 unspecified atom stereocenters. The third kappa shape index (κ3) is 3.95. The van der Waals surface area contributed by atoms with Crippen molar-refractivity contribution in [3.63, 3.8) is 0 Å². The number of halogens is 10. The molecule has 0 amide bonds. The molecule has 0 N–H and O–H groups in total. The van der Waals surface area contributed by atoms with Crippen LogP contribution < -0.4 is 22.2 Å². The highest BCUT2D eigenvalue weighted by molar-refractivity contribution is 6.07. The van der Waals surface area contributed by atoms with Crippen LogP contribution in [0, 0.1) is 5.82 Å². The van der Waals surface area contributed by atoms with Crippen LogP contribution in [0.2, 0.25) is 0 Å². The Morgan fingerprint density at radius 2 is 0.805 bits per heavy atom. The minimum absolute atomic E-state index is 0.314. The Hall–Kier alpha value is -4.76. The number of rotatable bonds is 2. The molecule has 212 valence electrons. The van der Waals surface area contributed by atoms with Gasteiger partial charge in [-0.05, 0) is 24.3 Å². The van der Waals surface area contributed by atoms with Crippen LogP contribution in [-0.2, 0) is 18.5 Å². The van der Waals surface area contributed by atoms with E-state index in [1.54, 1.807) is 0 Å². The smallest absolute Gasteiger partial charge is 0.268 e. The summed E-state index contributed by atoms with van der Waals surface area (Å²) in [5, 5.41) is -8.18. The molecular weight excluding hydrogens is 582 g/mol. The van der Waals surface area contributed by atoms with E-state index in [1.165, 1.54) is 0 Å². The van der Waals surface area contributed by atoms with E-state index in [0.29, 0.717) is 24.3 Å². The van der Waals surface area contributed by atoms with E-state index < -0.39 is 101 Å². The molecule has 0 radical (unpaired) electrons. The maximum Gasteiger partial charge on any atom is 0.418 e. The van der Waals surface area contributed by atoms with E-state index in [2.05, 4.69) is 0 Å². The molecule has 3 aromatic carbocycles. The summed E-state index contributed by atoms with van der Waals surface area (Å²) in [5.41, 5.74) is -17.8. The van der Waals surface area contributed by atoms with Crippen molar-refractivity contribution in [2.24, 2.45) is 0 Å². The molecule has 0 atom stereocenters. The first-order valence-electron chi connectivity index (χ1n) is 11.0. The van der Waals surface area contributed by atoms with Gasteiger partial charge in [0.1, 0.15) is 5.82 Å². The van der Waals surface area contributed by atoms with Gasteiger partial charge in [-0.2, -0.15) is 39.5 Å². The monoisotopic (exact) mass is 590 g/mol. The van der Waals surface area contributed by atoms with Gasteiger partial charge in [0.2, 0.25) is 0 Å². The Bertz CT molecular complexity index is 2010. The number of benzene rings is 3. The van der Waals surface area contributed by atoms with Gasteiger partial charge < -0.3 is 0 Å². The summed E-state index contributed by atoms with van der Waals surface area (Å²) in [6, 6.07) is 5.83. The highest BCUT2D eigenvalue weighted by Crippen LogP contribution is 2.44. The Morgan fingerprint density at radius 1 is 0.463 bits per heavy atom. The van der Waals surface area contributed by atoms with E-state index in [4.69, 9.17) is 0 Å². The maximum atomic E-state index is 14.4. The van der Waals surface area contributed by atoms with Crippen molar-refractivity contribution in [1.82, 2.24) is 9.13 Å². The summed E-state index contributed by atoms with van der Waals surface area (Å²) in [6.07, 6.45) is -17.1. The molecule has 0 aliphatic carbocycles. The van der Waals surface area contributed by atoms with Crippen LogP contribution in [0.15, 0.2) is 67.7 Å². The largest absolute Gasteiger partial charge is 0.418 e. The zero-order valence-electron chi connectivity index (χ0n) is 19.4. The SMILES string of the molecule is O=c1c2c(C(F)(F)F)c3c(=O)n(-c4ccccc4C(F)(F)F)c(=O)c3c(C(F)(F)F)c2c(=O)n1-c1ccccc1F. The predicted molar refractivity (Wildman–Crippen MR) is 123 cm³/mol.